The number of methoxy groups -OCH3 is 1. The van der Waals surface area contributed by atoms with Crippen LogP contribution in [0.25, 0.3) is 0 Å². The number of hydrogen-bond donors (Lipinski definition) is 1. The lowest BCUT2D eigenvalue weighted by Gasteiger charge is -2.23. The quantitative estimate of drug-likeness (QED) is 0.633. The first-order chi connectivity index (χ1) is 12.4. The summed E-state index contributed by atoms with van der Waals surface area (Å²) in [5, 5.41) is 3.09. The summed E-state index contributed by atoms with van der Waals surface area (Å²) in [6.07, 6.45) is 0.903. The molecule has 0 heterocycles. The van der Waals surface area contributed by atoms with E-state index in [0.717, 1.165) is 22.6 Å². The molecule has 0 radical (unpaired) electrons. The molecule has 3 nitrogen and oxygen atoms in total. The van der Waals surface area contributed by atoms with Gasteiger partial charge < -0.3 is 10.1 Å². The Kier molecular flexibility index (Phi) is 7.58. The number of hydrogen-bond acceptors (Lipinski definition) is 3. The number of ether oxygens (including phenoxy) is 1. The Morgan fingerprint density at radius 1 is 1.04 bits per heavy atom. The molecule has 0 saturated carbocycles. The first-order valence-corrected chi connectivity index (χ1v) is 9.94. The van der Waals surface area contributed by atoms with Crippen molar-refractivity contribution in [3.8, 4) is 5.75 Å². The van der Waals surface area contributed by atoms with E-state index < -0.39 is 0 Å². The highest BCUT2D eigenvalue weighted by atomic mass is 32.2. The van der Waals surface area contributed by atoms with Gasteiger partial charge in [-0.15, -0.1) is 11.8 Å². The molecule has 0 aliphatic carbocycles. The highest BCUT2D eigenvalue weighted by Gasteiger charge is 2.21. The van der Waals surface area contributed by atoms with Crippen LogP contribution in [0.15, 0.2) is 53.4 Å². The smallest absolute Gasteiger partial charge is 0.233 e. The van der Waals surface area contributed by atoms with Gasteiger partial charge in [-0.2, -0.15) is 0 Å². The molecule has 0 saturated heterocycles. The van der Waals surface area contributed by atoms with Crippen LogP contribution in [0.5, 0.6) is 5.75 Å². The minimum Gasteiger partial charge on any atom is -0.497 e. The lowest BCUT2D eigenvalue weighted by molar-refractivity contribution is -0.121. The minimum absolute atomic E-state index is 0.00877. The Bertz CT molecular complexity index is 695. The number of benzene rings is 2. The molecule has 26 heavy (non-hydrogen) atoms. The second-order valence-corrected chi connectivity index (χ2v) is 8.45. The maximum absolute atomic E-state index is 12.7. The lowest BCUT2D eigenvalue weighted by atomic mass is 9.96. The van der Waals surface area contributed by atoms with E-state index in [4.69, 9.17) is 4.74 Å². The van der Waals surface area contributed by atoms with E-state index in [1.54, 1.807) is 18.9 Å². The van der Waals surface area contributed by atoms with Gasteiger partial charge in [-0.05, 0) is 56.0 Å². The van der Waals surface area contributed by atoms with Crippen molar-refractivity contribution in [1.82, 2.24) is 5.32 Å². The molecule has 0 aliphatic heterocycles. The van der Waals surface area contributed by atoms with Crippen LogP contribution in [0.2, 0.25) is 0 Å². The van der Waals surface area contributed by atoms with Crippen LogP contribution in [0.3, 0.4) is 0 Å². The fourth-order valence-corrected chi connectivity index (χ4v) is 3.63. The lowest BCUT2D eigenvalue weighted by Crippen LogP contribution is -2.35. The molecule has 2 aromatic rings. The summed E-state index contributed by atoms with van der Waals surface area (Å²) in [7, 11) is 1.66. The van der Waals surface area contributed by atoms with Crippen molar-refractivity contribution in [2.75, 3.05) is 7.11 Å². The molecule has 1 amide bonds. The second-order valence-electron chi connectivity index (χ2n) is 7.04. The van der Waals surface area contributed by atoms with Crippen LogP contribution in [-0.4, -0.2) is 18.3 Å². The van der Waals surface area contributed by atoms with Gasteiger partial charge >= 0.3 is 0 Å². The zero-order chi connectivity index (χ0) is 19.1. The van der Waals surface area contributed by atoms with Crippen molar-refractivity contribution in [2.24, 2.45) is 5.92 Å². The molecule has 140 valence electrons. The van der Waals surface area contributed by atoms with Crippen molar-refractivity contribution in [2.45, 2.75) is 50.3 Å². The number of carbonyl (C=O) groups is 1. The van der Waals surface area contributed by atoms with Gasteiger partial charge in [0.25, 0.3) is 0 Å². The van der Waals surface area contributed by atoms with E-state index in [1.165, 1.54) is 5.56 Å². The monoisotopic (exact) mass is 371 g/mol. The highest BCUT2D eigenvalue weighted by Crippen LogP contribution is 2.27. The Balaban J connectivity index is 2.05. The molecule has 2 atom stereocenters. The first-order valence-electron chi connectivity index (χ1n) is 9.06. The number of nitrogens with one attached hydrogen (secondary N) is 1. The van der Waals surface area contributed by atoms with E-state index in [2.05, 4.69) is 50.4 Å². The summed E-state index contributed by atoms with van der Waals surface area (Å²) in [5.74, 6) is 1.38. The molecule has 2 aromatic carbocycles. The van der Waals surface area contributed by atoms with Gasteiger partial charge in [-0.25, -0.2) is 0 Å². The first kappa shape index (κ1) is 20.4. The van der Waals surface area contributed by atoms with Crippen LogP contribution >= 0.6 is 11.8 Å². The Labute approximate surface area is 161 Å². The fraction of sp³-hybridized carbons (Fsp3) is 0.409. The van der Waals surface area contributed by atoms with Gasteiger partial charge in [0.15, 0.2) is 0 Å². The Hall–Kier alpha value is -1.94. The van der Waals surface area contributed by atoms with E-state index in [1.807, 2.05) is 31.2 Å². The topological polar surface area (TPSA) is 38.3 Å². The van der Waals surface area contributed by atoms with E-state index in [9.17, 15) is 4.79 Å². The van der Waals surface area contributed by atoms with Gasteiger partial charge in [0, 0.05) is 4.90 Å². The molecule has 0 spiro atoms. The number of rotatable bonds is 8. The molecule has 0 aliphatic rings. The van der Waals surface area contributed by atoms with E-state index in [-0.39, 0.29) is 17.2 Å². The number of thioether (sulfide) groups is 1. The molecular formula is C22H29NO2S. The van der Waals surface area contributed by atoms with Gasteiger partial charge in [-0.3, -0.25) is 4.79 Å². The molecule has 0 unspecified atom stereocenters. The van der Waals surface area contributed by atoms with Crippen molar-refractivity contribution < 1.29 is 9.53 Å². The maximum atomic E-state index is 12.7. The average molecular weight is 372 g/mol. The van der Waals surface area contributed by atoms with Crippen LogP contribution in [0, 0.1) is 12.8 Å². The van der Waals surface area contributed by atoms with Crippen molar-refractivity contribution in [3.63, 3.8) is 0 Å². The molecular weight excluding hydrogens is 342 g/mol. The van der Waals surface area contributed by atoms with Crippen LogP contribution in [-0.2, 0) is 4.79 Å². The average Bonchev–Trinajstić information content (AvgIpc) is 2.62. The summed E-state index contributed by atoms with van der Waals surface area (Å²) in [6.45, 7) is 8.37. The normalized spacial score (nSPS) is 13.3. The van der Waals surface area contributed by atoms with Gasteiger partial charge in [-0.1, -0.05) is 43.7 Å². The van der Waals surface area contributed by atoms with Crippen molar-refractivity contribution >= 4 is 17.7 Å². The molecule has 0 aromatic heterocycles. The summed E-state index contributed by atoms with van der Waals surface area (Å²) < 4.78 is 5.23. The third-order valence-corrected chi connectivity index (χ3v) is 5.36. The molecule has 2 rings (SSSR count). The highest BCUT2D eigenvalue weighted by molar-refractivity contribution is 8.00. The second kappa shape index (κ2) is 9.67. The molecule has 4 heteroatoms. The maximum Gasteiger partial charge on any atom is 0.233 e. The number of carbonyl (C=O) groups excluding carboxylic acids is 1. The standard InChI is InChI=1S/C22H29NO2S/c1-15(2)14-21(18-8-10-19(25-5)11-9-18)23-22(24)17(4)26-20-12-6-16(3)7-13-20/h6-13,15,17,21H,14H2,1-5H3,(H,23,24)/t17-,21-/m0/s1. The number of aryl methyl sites for hydroxylation is 1. The zero-order valence-corrected chi connectivity index (χ0v) is 17.1. The van der Waals surface area contributed by atoms with Crippen LogP contribution in [0.1, 0.15) is 44.4 Å². The van der Waals surface area contributed by atoms with Crippen LogP contribution in [0.4, 0.5) is 0 Å². The third kappa shape index (κ3) is 6.10. The molecule has 0 bridgehead atoms. The number of amides is 1. The van der Waals surface area contributed by atoms with Gasteiger partial charge in [0.05, 0.1) is 18.4 Å². The van der Waals surface area contributed by atoms with Gasteiger partial charge in [0.1, 0.15) is 5.75 Å². The van der Waals surface area contributed by atoms with Gasteiger partial charge in [0.2, 0.25) is 5.91 Å². The SMILES string of the molecule is COc1ccc([C@H](CC(C)C)NC(=O)[C@H](C)Sc2ccc(C)cc2)cc1. The van der Waals surface area contributed by atoms with E-state index >= 15 is 0 Å². The van der Waals surface area contributed by atoms with Crippen molar-refractivity contribution in [3.05, 3.63) is 59.7 Å². The third-order valence-electron chi connectivity index (χ3n) is 4.24. The van der Waals surface area contributed by atoms with Crippen LogP contribution < -0.4 is 10.1 Å². The molecule has 1 N–H and O–H groups in total. The fourth-order valence-electron chi connectivity index (χ4n) is 2.75. The summed E-state index contributed by atoms with van der Waals surface area (Å²) >= 11 is 1.59. The predicted octanol–water partition coefficient (Wildman–Crippen LogP) is 5.39. The Morgan fingerprint density at radius 2 is 1.65 bits per heavy atom. The Morgan fingerprint density at radius 3 is 2.19 bits per heavy atom. The minimum atomic E-state index is -0.148. The van der Waals surface area contributed by atoms with Crippen molar-refractivity contribution in [1.29, 1.82) is 0 Å². The summed E-state index contributed by atoms with van der Waals surface area (Å²) in [5.41, 5.74) is 2.34. The summed E-state index contributed by atoms with van der Waals surface area (Å²) in [6, 6.07) is 16.2. The predicted molar refractivity (Wildman–Crippen MR) is 110 cm³/mol. The zero-order valence-electron chi connectivity index (χ0n) is 16.3. The molecule has 0 fully saturated rings. The largest absolute Gasteiger partial charge is 0.497 e. The summed E-state index contributed by atoms with van der Waals surface area (Å²) in [4.78, 5) is 13.9. The van der Waals surface area contributed by atoms with E-state index in [0.29, 0.717) is 5.92 Å².